The van der Waals surface area contributed by atoms with Crippen molar-refractivity contribution in [1.29, 1.82) is 0 Å². The maximum Gasteiger partial charge on any atom is 0.410 e. The summed E-state index contributed by atoms with van der Waals surface area (Å²) in [5.74, 6) is 0. The van der Waals surface area contributed by atoms with Crippen LogP contribution in [-0.2, 0) is 4.74 Å². The fourth-order valence-electron chi connectivity index (χ4n) is 3.26. The summed E-state index contributed by atoms with van der Waals surface area (Å²) in [5.41, 5.74) is 0.599. The van der Waals surface area contributed by atoms with Crippen LogP contribution in [0.3, 0.4) is 0 Å². The Morgan fingerprint density at radius 1 is 1.42 bits per heavy atom. The smallest absolute Gasteiger partial charge is 0.410 e. The van der Waals surface area contributed by atoms with Gasteiger partial charge >= 0.3 is 6.09 Å². The van der Waals surface area contributed by atoms with Crippen molar-refractivity contribution in [3.63, 3.8) is 0 Å². The van der Waals surface area contributed by atoms with E-state index >= 15 is 0 Å². The van der Waals surface area contributed by atoms with Crippen LogP contribution >= 0.6 is 0 Å². The number of carbonyl (C=O) groups excluding carboxylic acids is 1. The van der Waals surface area contributed by atoms with Crippen LogP contribution in [0.1, 0.15) is 65.6 Å². The summed E-state index contributed by atoms with van der Waals surface area (Å²) in [7, 11) is 0. The van der Waals surface area contributed by atoms with Crippen LogP contribution in [0.25, 0.3) is 0 Å². The number of amides is 1. The zero-order chi connectivity index (χ0) is 17.7. The summed E-state index contributed by atoms with van der Waals surface area (Å²) in [6.45, 7) is 10.8. The van der Waals surface area contributed by atoms with Crippen LogP contribution in [0.2, 0.25) is 0 Å². The molecular weight excluding hydrogens is 302 g/mol. The molecular formula is C19H31N3O2. The number of rotatable bonds is 5. The Morgan fingerprint density at radius 3 is 2.79 bits per heavy atom. The summed E-state index contributed by atoms with van der Waals surface area (Å²) in [6, 6.07) is 6.71. The van der Waals surface area contributed by atoms with Gasteiger partial charge in [-0.3, -0.25) is 4.98 Å². The van der Waals surface area contributed by atoms with Gasteiger partial charge in [0, 0.05) is 30.9 Å². The van der Waals surface area contributed by atoms with E-state index in [0.29, 0.717) is 6.04 Å². The minimum atomic E-state index is -0.443. The summed E-state index contributed by atoms with van der Waals surface area (Å²) >= 11 is 0. The monoisotopic (exact) mass is 333 g/mol. The molecule has 0 radical (unpaired) electrons. The highest BCUT2D eigenvalue weighted by molar-refractivity contribution is 5.68. The second kappa shape index (κ2) is 7.97. The predicted molar refractivity (Wildman–Crippen MR) is 95.8 cm³/mol. The lowest BCUT2D eigenvalue weighted by Gasteiger charge is -2.30. The fraction of sp³-hybridized carbons (Fsp3) is 0.684. The van der Waals surface area contributed by atoms with Gasteiger partial charge in [0.1, 0.15) is 5.60 Å². The van der Waals surface area contributed by atoms with E-state index in [-0.39, 0.29) is 18.2 Å². The largest absolute Gasteiger partial charge is 0.444 e. The van der Waals surface area contributed by atoms with Crippen molar-refractivity contribution < 1.29 is 9.53 Å². The molecule has 2 heterocycles. The molecule has 1 fully saturated rings. The Balaban J connectivity index is 1.88. The topological polar surface area (TPSA) is 54.5 Å². The molecule has 1 aliphatic rings. The average molecular weight is 333 g/mol. The molecule has 1 amide bonds. The van der Waals surface area contributed by atoms with Crippen molar-refractivity contribution in [2.45, 2.75) is 77.6 Å². The van der Waals surface area contributed by atoms with Gasteiger partial charge in [-0.05, 0) is 66.0 Å². The number of hydrogen-bond donors (Lipinski definition) is 1. The molecule has 1 N–H and O–H groups in total. The van der Waals surface area contributed by atoms with Crippen LogP contribution in [0.5, 0.6) is 0 Å². The summed E-state index contributed by atoms with van der Waals surface area (Å²) < 4.78 is 5.54. The molecule has 5 nitrogen and oxygen atoms in total. The minimum absolute atomic E-state index is 0.185. The van der Waals surface area contributed by atoms with Gasteiger partial charge in [-0.15, -0.1) is 0 Å². The van der Waals surface area contributed by atoms with E-state index < -0.39 is 5.60 Å². The molecule has 1 saturated heterocycles. The number of hydrogen-bond acceptors (Lipinski definition) is 4. The van der Waals surface area contributed by atoms with Gasteiger partial charge in [-0.2, -0.15) is 0 Å². The summed E-state index contributed by atoms with van der Waals surface area (Å²) in [4.78, 5) is 18.7. The standard InChI is InChI=1S/C19H31N3O2/c1-14(21-15(2)17-10-6-7-11-20-17)13-16-9-8-12-22(16)18(23)24-19(3,4)5/h6-7,10-11,14-16,21H,8-9,12-13H2,1-5H3. The highest BCUT2D eigenvalue weighted by Crippen LogP contribution is 2.24. The molecule has 0 saturated carbocycles. The molecule has 1 aromatic rings. The van der Waals surface area contributed by atoms with Crippen LogP contribution < -0.4 is 5.32 Å². The minimum Gasteiger partial charge on any atom is -0.444 e. The maximum atomic E-state index is 12.4. The number of likely N-dealkylation sites (tertiary alicyclic amines) is 1. The van der Waals surface area contributed by atoms with Crippen LogP contribution in [0, 0.1) is 0 Å². The van der Waals surface area contributed by atoms with Crippen molar-refractivity contribution >= 4 is 6.09 Å². The Morgan fingerprint density at radius 2 is 2.17 bits per heavy atom. The van der Waals surface area contributed by atoms with Crippen LogP contribution in [0.4, 0.5) is 4.79 Å². The van der Waals surface area contributed by atoms with Gasteiger partial charge in [0.2, 0.25) is 0 Å². The average Bonchev–Trinajstić information content (AvgIpc) is 2.94. The molecule has 2 rings (SSSR count). The molecule has 1 aliphatic heterocycles. The third-order valence-electron chi connectivity index (χ3n) is 4.30. The first-order chi connectivity index (χ1) is 11.3. The molecule has 5 heteroatoms. The van der Waals surface area contributed by atoms with E-state index in [9.17, 15) is 4.79 Å². The molecule has 0 bridgehead atoms. The number of pyridine rings is 1. The molecule has 1 aromatic heterocycles. The molecule has 24 heavy (non-hydrogen) atoms. The normalized spacial score (nSPS) is 20.7. The second-order valence-electron chi connectivity index (χ2n) is 7.75. The Kier molecular flexibility index (Phi) is 6.21. The molecule has 134 valence electrons. The van der Waals surface area contributed by atoms with E-state index in [0.717, 1.165) is 31.5 Å². The molecule has 0 aromatic carbocycles. The van der Waals surface area contributed by atoms with Gasteiger partial charge in [0.25, 0.3) is 0 Å². The van der Waals surface area contributed by atoms with Crippen molar-refractivity contribution in [2.24, 2.45) is 0 Å². The quantitative estimate of drug-likeness (QED) is 0.887. The first kappa shape index (κ1) is 18.7. The zero-order valence-electron chi connectivity index (χ0n) is 15.6. The lowest BCUT2D eigenvalue weighted by molar-refractivity contribution is 0.0214. The number of nitrogens with one attached hydrogen (secondary N) is 1. The third-order valence-corrected chi connectivity index (χ3v) is 4.30. The first-order valence-electron chi connectivity index (χ1n) is 8.93. The van der Waals surface area contributed by atoms with Gasteiger partial charge in [-0.1, -0.05) is 6.07 Å². The van der Waals surface area contributed by atoms with Crippen molar-refractivity contribution in [2.75, 3.05) is 6.54 Å². The predicted octanol–water partition coefficient (Wildman–Crippen LogP) is 3.91. The zero-order valence-corrected chi connectivity index (χ0v) is 15.6. The van der Waals surface area contributed by atoms with Crippen molar-refractivity contribution in [3.8, 4) is 0 Å². The Bertz CT molecular complexity index is 527. The van der Waals surface area contributed by atoms with E-state index in [2.05, 4.69) is 24.1 Å². The van der Waals surface area contributed by atoms with E-state index in [1.54, 1.807) is 0 Å². The van der Waals surface area contributed by atoms with E-state index in [4.69, 9.17) is 4.74 Å². The number of nitrogens with zero attached hydrogens (tertiary/aromatic N) is 2. The third kappa shape index (κ3) is 5.48. The second-order valence-corrected chi connectivity index (χ2v) is 7.75. The molecule has 0 spiro atoms. The lowest BCUT2D eigenvalue weighted by atomic mass is 10.0. The Hall–Kier alpha value is -1.62. The van der Waals surface area contributed by atoms with Crippen LogP contribution in [-0.4, -0.2) is 40.2 Å². The highest BCUT2D eigenvalue weighted by atomic mass is 16.6. The van der Waals surface area contributed by atoms with Gasteiger partial charge in [-0.25, -0.2) is 4.79 Å². The summed E-state index contributed by atoms with van der Waals surface area (Å²) in [5, 5.41) is 3.59. The fourth-order valence-corrected chi connectivity index (χ4v) is 3.26. The van der Waals surface area contributed by atoms with E-state index in [1.165, 1.54) is 0 Å². The van der Waals surface area contributed by atoms with E-state index in [1.807, 2.05) is 50.1 Å². The number of ether oxygens (including phenoxy) is 1. The maximum absolute atomic E-state index is 12.4. The van der Waals surface area contributed by atoms with Crippen molar-refractivity contribution in [3.05, 3.63) is 30.1 Å². The number of aromatic nitrogens is 1. The van der Waals surface area contributed by atoms with Gasteiger partial charge < -0.3 is 15.0 Å². The SMILES string of the molecule is CC(CC1CCCN1C(=O)OC(C)(C)C)NC(C)c1ccccn1. The van der Waals surface area contributed by atoms with Crippen molar-refractivity contribution in [1.82, 2.24) is 15.2 Å². The van der Waals surface area contributed by atoms with Gasteiger partial charge in [0.05, 0.1) is 5.69 Å². The molecule has 3 atom stereocenters. The molecule has 0 aliphatic carbocycles. The summed E-state index contributed by atoms with van der Waals surface area (Å²) in [6.07, 6.45) is 4.65. The molecule has 3 unspecified atom stereocenters. The van der Waals surface area contributed by atoms with Gasteiger partial charge in [0.15, 0.2) is 0 Å². The number of carbonyl (C=O) groups is 1. The highest BCUT2D eigenvalue weighted by Gasteiger charge is 2.33. The lowest BCUT2D eigenvalue weighted by Crippen LogP contribution is -2.43. The Labute approximate surface area is 145 Å². The first-order valence-corrected chi connectivity index (χ1v) is 8.93. The van der Waals surface area contributed by atoms with Crippen LogP contribution in [0.15, 0.2) is 24.4 Å².